The van der Waals surface area contributed by atoms with E-state index in [1.54, 1.807) is 12.1 Å². The van der Waals surface area contributed by atoms with E-state index in [0.29, 0.717) is 39.9 Å². The van der Waals surface area contributed by atoms with E-state index in [4.69, 9.17) is 39.8 Å². The standard InChI is InChI=1S/C22H15Cl3FN7O/c1-2-13(31-20-18-19(28-8-27-18)29-9-30-20)21-32-14-5-4-12(26)17(25)16(14)22(34)33(21)15-6-3-10(23)7-11(15)24/h3-9,13H,2H2,1H3,(H2,27,28,29,30,31)/t13-/m0/s1. The highest BCUT2D eigenvalue weighted by molar-refractivity contribution is 6.36. The molecular formula is C22H15Cl3FN7O. The SMILES string of the molecule is CC[C@H](Nc1ncnc2[nH]cnc12)c1nc2ccc(F)c(Cl)c2c(=O)n1-c1ccc(Cl)cc1Cl. The van der Waals surface area contributed by atoms with Gasteiger partial charge in [0.1, 0.15) is 23.5 Å². The maximum atomic E-state index is 14.2. The molecule has 172 valence electrons. The van der Waals surface area contributed by atoms with Crippen LogP contribution in [0.5, 0.6) is 0 Å². The average molecular weight is 519 g/mol. The lowest BCUT2D eigenvalue weighted by atomic mass is 10.1. The molecule has 0 unspecified atom stereocenters. The lowest BCUT2D eigenvalue weighted by molar-refractivity contribution is 0.628. The molecule has 0 amide bonds. The van der Waals surface area contributed by atoms with Crippen LogP contribution in [0.25, 0.3) is 27.8 Å². The highest BCUT2D eigenvalue weighted by Gasteiger charge is 2.24. The molecule has 0 radical (unpaired) electrons. The molecule has 5 aromatic rings. The summed E-state index contributed by atoms with van der Waals surface area (Å²) in [6.07, 6.45) is 3.42. The number of aromatic nitrogens is 6. The third-order valence-electron chi connectivity index (χ3n) is 5.35. The van der Waals surface area contributed by atoms with Crippen molar-refractivity contribution in [1.29, 1.82) is 0 Å². The minimum atomic E-state index is -0.721. The van der Waals surface area contributed by atoms with Crippen molar-refractivity contribution < 1.29 is 4.39 Å². The van der Waals surface area contributed by atoms with Crippen molar-refractivity contribution in [3.8, 4) is 5.69 Å². The highest BCUT2D eigenvalue weighted by atomic mass is 35.5. The zero-order valence-corrected chi connectivity index (χ0v) is 19.7. The highest BCUT2D eigenvalue weighted by Crippen LogP contribution is 2.31. The minimum absolute atomic E-state index is 0.0528. The Morgan fingerprint density at radius 2 is 1.97 bits per heavy atom. The van der Waals surface area contributed by atoms with Gasteiger partial charge in [-0.3, -0.25) is 9.36 Å². The second kappa shape index (κ2) is 8.83. The fourth-order valence-electron chi connectivity index (χ4n) is 3.74. The molecule has 12 heteroatoms. The van der Waals surface area contributed by atoms with Gasteiger partial charge >= 0.3 is 0 Å². The first-order valence-corrected chi connectivity index (χ1v) is 11.3. The van der Waals surface area contributed by atoms with Crippen molar-refractivity contribution in [2.24, 2.45) is 0 Å². The Bertz CT molecular complexity index is 1620. The molecular weight excluding hydrogens is 504 g/mol. The summed E-state index contributed by atoms with van der Waals surface area (Å²) in [6, 6.07) is 6.79. The van der Waals surface area contributed by atoms with Gasteiger partial charge in [0, 0.05) is 5.02 Å². The van der Waals surface area contributed by atoms with E-state index in [-0.39, 0.29) is 20.9 Å². The molecule has 2 N–H and O–H groups in total. The molecule has 0 bridgehead atoms. The number of H-pyrrole nitrogens is 1. The summed E-state index contributed by atoms with van der Waals surface area (Å²) in [6.45, 7) is 1.92. The van der Waals surface area contributed by atoms with Gasteiger partial charge in [0.15, 0.2) is 11.5 Å². The number of rotatable bonds is 5. The number of imidazole rings is 1. The summed E-state index contributed by atoms with van der Waals surface area (Å²) < 4.78 is 15.6. The second-order valence-corrected chi connectivity index (χ2v) is 8.61. The van der Waals surface area contributed by atoms with Crippen molar-refractivity contribution in [3.63, 3.8) is 0 Å². The Hall–Kier alpha value is -3.27. The van der Waals surface area contributed by atoms with Gasteiger partial charge in [0.05, 0.1) is 39.0 Å². The summed E-state index contributed by atoms with van der Waals surface area (Å²) in [7, 11) is 0. The number of halogens is 4. The van der Waals surface area contributed by atoms with E-state index in [1.165, 1.54) is 35.4 Å². The van der Waals surface area contributed by atoms with Crippen LogP contribution in [0.2, 0.25) is 15.1 Å². The number of benzene rings is 2. The van der Waals surface area contributed by atoms with Crippen LogP contribution >= 0.6 is 34.8 Å². The van der Waals surface area contributed by atoms with E-state index < -0.39 is 17.4 Å². The fourth-order valence-corrected chi connectivity index (χ4v) is 4.47. The number of nitrogens with zero attached hydrogens (tertiary/aromatic N) is 5. The molecule has 34 heavy (non-hydrogen) atoms. The van der Waals surface area contributed by atoms with E-state index in [2.05, 4.69) is 25.3 Å². The Labute approximate surface area is 206 Å². The summed E-state index contributed by atoms with van der Waals surface area (Å²) in [5.74, 6) is 0.0641. The van der Waals surface area contributed by atoms with Crippen molar-refractivity contribution in [2.45, 2.75) is 19.4 Å². The number of fused-ring (bicyclic) bond motifs is 2. The summed E-state index contributed by atoms with van der Waals surface area (Å²) in [5.41, 5.74) is 1.10. The van der Waals surface area contributed by atoms with Crippen molar-refractivity contribution in [2.75, 3.05) is 5.32 Å². The lowest BCUT2D eigenvalue weighted by Gasteiger charge is -2.23. The fraction of sp³-hybridized carbons (Fsp3) is 0.136. The summed E-state index contributed by atoms with van der Waals surface area (Å²) in [5, 5.41) is 3.55. The molecule has 0 saturated carbocycles. The molecule has 0 saturated heterocycles. The zero-order chi connectivity index (χ0) is 24.0. The maximum Gasteiger partial charge on any atom is 0.267 e. The topological polar surface area (TPSA) is 101 Å². The molecule has 1 atom stereocenters. The van der Waals surface area contributed by atoms with E-state index in [9.17, 15) is 9.18 Å². The molecule has 0 aliphatic heterocycles. The van der Waals surface area contributed by atoms with Gasteiger partial charge < -0.3 is 10.3 Å². The maximum absolute atomic E-state index is 14.2. The van der Waals surface area contributed by atoms with E-state index in [1.807, 2.05) is 6.92 Å². The molecule has 0 aliphatic carbocycles. The Morgan fingerprint density at radius 3 is 2.74 bits per heavy atom. The molecule has 0 fully saturated rings. The largest absolute Gasteiger partial charge is 0.358 e. The number of anilines is 1. The van der Waals surface area contributed by atoms with Crippen LogP contribution in [0.15, 0.2) is 47.8 Å². The predicted octanol–water partition coefficient (Wildman–Crippen LogP) is 5.71. The van der Waals surface area contributed by atoms with Crippen molar-refractivity contribution in [1.82, 2.24) is 29.5 Å². The Morgan fingerprint density at radius 1 is 1.15 bits per heavy atom. The quantitative estimate of drug-likeness (QED) is 0.309. The minimum Gasteiger partial charge on any atom is -0.358 e. The monoisotopic (exact) mass is 517 g/mol. The smallest absolute Gasteiger partial charge is 0.267 e. The third kappa shape index (κ3) is 3.75. The molecule has 3 heterocycles. The van der Waals surface area contributed by atoms with Crippen LogP contribution in [0.1, 0.15) is 25.2 Å². The first-order chi connectivity index (χ1) is 16.4. The van der Waals surface area contributed by atoms with Crippen molar-refractivity contribution in [3.05, 3.63) is 80.0 Å². The van der Waals surface area contributed by atoms with Crippen LogP contribution in [0, 0.1) is 5.82 Å². The number of hydrogen-bond acceptors (Lipinski definition) is 6. The van der Waals surface area contributed by atoms with E-state index in [0.717, 1.165) is 0 Å². The van der Waals surface area contributed by atoms with Gasteiger partial charge in [-0.1, -0.05) is 41.7 Å². The first-order valence-electron chi connectivity index (χ1n) is 10.2. The lowest BCUT2D eigenvalue weighted by Crippen LogP contribution is -2.29. The Balaban J connectivity index is 1.78. The Kier molecular flexibility index (Phi) is 5.85. The van der Waals surface area contributed by atoms with Crippen LogP contribution in [0.4, 0.5) is 10.2 Å². The number of aromatic amines is 1. The van der Waals surface area contributed by atoms with Gasteiger partial charge in [-0.2, -0.15) is 0 Å². The average Bonchev–Trinajstić information content (AvgIpc) is 3.30. The predicted molar refractivity (Wildman–Crippen MR) is 131 cm³/mol. The normalized spacial score (nSPS) is 12.4. The van der Waals surface area contributed by atoms with Crippen LogP contribution in [0.3, 0.4) is 0 Å². The summed E-state index contributed by atoms with van der Waals surface area (Å²) >= 11 is 18.7. The van der Waals surface area contributed by atoms with Crippen molar-refractivity contribution >= 4 is 62.7 Å². The molecule has 0 aliphatic rings. The van der Waals surface area contributed by atoms with Gasteiger partial charge in [0.25, 0.3) is 5.56 Å². The van der Waals surface area contributed by atoms with Gasteiger partial charge in [-0.15, -0.1) is 0 Å². The number of hydrogen-bond donors (Lipinski definition) is 2. The molecule has 5 rings (SSSR count). The third-order valence-corrected chi connectivity index (χ3v) is 6.26. The first kappa shape index (κ1) is 22.5. The molecule has 8 nitrogen and oxygen atoms in total. The molecule has 2 aromatic carbocycles. The van der Waals surface area contributed by atoms with E-state index >= 15 is 0 Å². The number of nitrogens with one attached hydrogen (secondary N) is 2. The molecule has 0 spiro atoms. The van der Waals surface area contributed by atoms with Crippen LogP contribution in [-0.4, -0.2) is 29.5 Å². The zero-order valence-electron chi connectivity index (χ0n) is 17.5. The van der Waals surface area contributed by atoms with Gasteiger partial charge in [-0.05, 0) is 36.8 Å². The van der Waals surface area contributed by atoms with Crippen LogP contribution in [-0.2, 0) is 0 Å². The van der Waals surface area contributed by atoms with Crippen LogP contribution < -0.4 is 10.9 Å². The van der Waals surface area contributed by atoms with Gasteiger partial charge in [0.2, 0.25) is 0 Å². The second-order valence-electron chi connectivity index (χ2n) is 7.39. The van der Waals surface area contributed by atoms with Gasteiger partial charge in [-0.25, -0.2) is 24.3 Å². The summed E-state index contributed by atoms with van der Waals surface area (Å²) in [4.78, 5) is 34.1. The molecule has 3 aromatic heterocycles.